The molecule has 0 saturated carbocycles. The molecule has 7 N–H and O–H groups in total. The molecule has 50 heavy (non-hydrogen) atoms. The molecule has 0 aliphatic heterocycles. The normalized spacial score (nSPS) is 13.1. The van der Waals surface area contributed by atoms with Gasteiger partial charge in [-0.25, -0.2) is 0 Å². The van der Waals surface area contributed by atoms with E-state index in [-0.39, 0.29) is 44.4 Å². The van der Waals surface area contributed by atoms with Crippen LogP contribution in [0, 0.1) is 0 Å². The number of ether oxygens (including phenoxy) is 1. The third-order valence-corrected chi connectivity index (χ3v) is 10.5. The van der Waals surface area contributed by atoms with Crippen molar-refractivity contribution in [3.8, 4) is 11.5 Å². The molecular weight excluding hydrogens is 747 g/mol. The number of phenolic OH excluding ortho intramolecular Hbond substituents is 1. The average Bonchev–Trinajstić information content (AvgIpc) is 3.01. The van der Waals surface area contributed by atoms with Gasteiger partial charge in [0.1, 0.15) is 31.8 Å². The second kappa shape index (κ2) is 12.6. The van der Waals surface area contributed by atoms with Crippen molar-refractivity contribution in [1.29, 1.82) is 0 Å². The van der Waals surface area contributed by atoms with Gasteiger partial charge in [0.2, 0.25) is 0 Å². The number of rotatable bonds is 9. The fourth-order valence-electron chi connectivity index (χ4n) is 4.66. The van der Waals surface area contributed by atoms with E-state index in [1.54, 1.807) is 0 Å². The van der Waals surface area contributed by atoms with Crippen LogP contribution in [0.15, 0.2) is 107 Å². The third-order valence-electron chi connectivity index (χ3n) is 6.95. The van der Waals surface area contributed by atoms with Gasteiger partial charge in [0.25, 0.3) is 40.5 Å². The first-order chi connectivity index (χ1) is 23.1. The average molecular weight is 768 g/mol. The highest BCUT2D eigenvalue weighted by molar-refractivity contribution is 7.86. The van der Waals surface area contributed by atoms with Crippen molar-refractivity contribution >= 4 is 90.5 Å². The zero-order valence-corrected chi connectivity index (χ0v) is 28.0. The summed E-state index contributed by atoms with van der Waals surface area (Å²) in [6.45, 7) is 0. The number of nitrogens with two attached hydrogens (primary N) is 1. The summed E-state index contributed by atoms with van der Waals surface area (Å²) in [5.41, 5.74) is 3.73. The Morgan fingerprint density at radius 3 is 1.68 bits per heavy atom. The number of nitrogens with zero attached hydrogens (tertiary/aromatic N) is 4. The molecule has 0 heterocycles. The Balaban J connectivity index is 1.72. The molecule has 0 unspecified atom stereocenters. The molecule has 0 aliphatic rings. The first-order valence-electron chi connectivity index (χ1n) is 13.2. The Morgan fingerprint density at radius 2 is 1.10 bits per heavy atom. The van der Waals surface area contributed by atoms with Crippen molar-refractivity contribution in [2.45, 2.75) is 19.6 Å². The number of methoxy groups -OCH3 is 1. The van der Waals surface area contributed by atoms with Crippen LogP contribution in [0.1, 0.15) is 0 Å². The van der Waals surface area contributed by atoms with Crippen LogP contribution in [0.2, 0.25) is 0 Å². The summed E-state index contributed by atoms with van der Waals surface area (Å²) in [4.78, 5) is -3.15. The molecule has 0 aliphatic carbocycles. The molecule has 262 valence electrons. The monoisotopic (exact) mass is 767 g/mol. The van der Waals surface area contributed by atoms with Gasteiger partial charge in [0.15, 0.2) is 5.75 Å². The van der Waals surface area contributed by atoms with Crippen molar-refractivity contribution in [2.24, 2.45) is 20.5 Å². The van der Waals surface area contributed by atoms with E-state index < -0.39 is 77.2 Å². The van der Waals surface area contributed by atoms with Crippen molar-refractivity contribution in [2.75, 3.05) is 12.8 Å². The van der Waals surface area contributed by atoms with Crippen LogP contribution < -0.4 is 10.5 Å². The van der Waals surface area contributed by atoms with Crippen LogP contribution in [-0.2, 0) is 40.5 Å². The Bertz CT molecular complexity index is 2770. The van der Waals surface area contributed by atoms with Gasteiger partial charge in [-0.05, 0) is 60.0 Å². The largest absolute Gasteiger partial charge is 0.505 e. The topological polar surface area (TPSA) is 322 Å². The van der Waals surface area contributed by atoms with Gasteiger partial charge in [-0.1, -0.05) is 6.07 Å². The molecule has 0 spiro atoms. The zero-order chi connectivity index (χ0) is 37.0. The van der Waals surface area contributed by atoms with Crippen molar-refractivity contribution < 1.29 is 61.7 Å². The molecule has 0 atom stereocenters. The van der Waals surface area contributed by atoms with Gasteiger partial charge in [0.05, 0.1) is 29.1 Å². The molecule has 5 rings (SSSR count). The van der Waals surface area contributed by atoms with E-state index in [1.807, 2.05) is 0 Å². The highest BCUT2D eigenvalue weighted by Crippen LogP contribution is 2.44. The second-order valence-electron chi connectivity index (χ2n) is 10.1. The molecule has 0 radical (unpaired) electrons. The smallest absolute Gasteiger partial charge is 0.296 e. The SMILES string of the molecule is COc1ccc(N=Nc2ccc(N=Nc3c(S(=O)(=O)O)cc4cc(S(=O)(=O)O)c(N)cc4c3O)c3cc(S(=O)(=O)O)ccc23)c(S(=O)(=O)O)c1. The van der Waals surface area contributed by atoms with E-state index in [0.29, 0.717) is 0 Å². The zero-order valence-electron chi connectivity index (χ0n) is 24.8. The molecule has 23 heteroatoms. The minimum Gasteiger partial charge on any atom is -0.505 e. The standard InChI is InChI=1S/C27H21N5O14S4/c1-46-14-2-5-22(24(10-14)49(40,41)42)31-29-20-6-7-21(18-11-15(47(34,35)36)3-4-16(18)20)30-32-26-25(50(43,44)45)9-13-8-23(48(37,38)39)19(28)12-17(13)27(26)33/h2-12,33H,28H2,1H3,(H,34,35,36)(H,37,38,39)(H,40,41,42)(H,43,44,45). The lowest BCUT2D eigenvalue weighted by molar-refractivity contribution is 0.412. The number of hydrogen-bond acceptors (Lipinski definition) is 15. The minimum absolute atomic E-state index is 0.0322. The summed E-state index contributed by atoms with van der Waals surface area (Å²) in [5, 5.41) is 26.0. The summed E-state index contributed by atoms with van der Waals surface area (Å²) in [7, 11) is -18.4. The van der Waals surface area contributed by atoms with Gasteiger partial charge >= 0.3 is 0 Å². The van der Waals surface area contributed by atoms with E-state index in [4.69, 9.17) is 10.5 Å². The Hall–Kier alpha value is -5.14. The first kappa shape index (κ1) is 36.1. The third kappa shape index (κ3) is 7.24. The predicted octanol–water partition coefficient (Wildman–Crippen LogP) is 5.11. The van der Waals surface area contributed by atoms with Gasteiger partial charge in [-0.15, -0.1) is 20.5 Å². The van der Waals surface area contributed by atoms with E-state index in [0.717, 1.165) is 36.4 Å². The molecular formula is C27H21N5O14S4. The number of azo groups is 2. The molecule has 0 fully saturated rings. The molecule has 0 amide bonds. The molecule has 5 aromatic rings. The Morgan fingerprint density at radius 1 is 0.560 bits per heavy atom. The van der Waals surface area contributed by atoms with Crippen LogP contribution in [-0.4, -0.2) is 64.1 Å². The van der Waals surface area contributed by atoms with E-state index in [9.17, 15) is 57.0 Å². The number of fused-ring (bicyclic) bond motifs is 2. The van der Waals surface area contributed by atoms with Crippen LogP contribution in [0.4, 0.5) is 28.4 Å². The number of hydrogen-bond donors (Lipinski definition) is 6. The maximum absolute atomic E-state index is 12.3. The van der Waals surface area contributed by atoms with Gasteiger partial charge in [-0.3, -0.25) is 18.2 Å². The predicted molar refractivity (Wildman–Crippen MR) is 175 cm³/mol. The van der Waals surface area contributed by atoms with Gasteiger partial charge in [-0.2, -0.15) is 33.7 Å². The summed E-state index contributed by atoms with van der Waals surface area (Å²) < 4.78 is 140. The summed E-state index contributed by atoms with van der Waals surface area (Å²) in [6.07, 6.45) is 0. The number of nitrogen functional groups attached to an aromatic ring is 1. The quantitative estimate of drug-likeness (QED) is 0.0645. The summed E-state index contributed by atoms with van der Waals surface area (Å²) in [6, 6.07) is 11.4. The maximum atomic E-state index is 12.3. The summed E-state index contributed by atoms with van der Waals surface area (Å²) >= 11 is 0. The van der Waals surface area contributed by atoms with Crippen LogP contribution in [0.5, 0.6) is 11.5 Å². The highest BCUT2D eigenvalue weighted by Gasteiger charge is 2.25. The fourth-order valence-corrected chi connectivity index (χ4v) is 7.10. The van der Waals surface area contributed by atoms with Crippen molar-refractivity contribution in [1.82, 2.24) is 0 Å². The first-order valence-corrected chi connectivity index (χ1v) is 18.9. The lowest BCUT2D eigenvalue weighted by Gasteiger charge is -2.11. The van der Waals surface area contributed by atoms with Crippen LogP contribution >= 0.6 is 0 Å². The Kier molecular flexibility index (Phi) is 9.13. The molecule has 5 aromatic carbocycles. The Labute approximate surface area is 282 Å². The number of benzene rings is 5. The minimum atomic E-state index is -5.20. The van der Waals surface area contributed by atoms with E-state index in [1.165, 1.54) is 37.4 Å². The molecule has 0 saturated heterocycles. The number of phenols is 1. The molecule has 0 aromatic heterocycles. The van der Waals surface area contributed by atoms with Crippen molar-refractivity contribution in [3.05, 3.63) is 66.7 Å². The van der Waals surface area contributed by atoms with Crippen LogP contribution in [0.3, 0.4) is 0 Å². The highest BCUT2D eigenvalue weighted by atomic mass is 32.2. The summed E-state index contributed by atoms with van der Waals surface area (Å²) in [5.74, 6) is -0.870. The molecule has 19 nitrogen and oxygen atoms in total. The lowest BCUT2D eigenvalue weighted by atomic mass is 10.1. The van der Waals surface area contributed by atoms with Crippen molar-refractivity contribution in [3.63, 3.8) is 0 Å². The second-order valence-corrected chi connectivity index (χ2v) is 15.7. The van der Waals surface area contributed by atoms with Gasteiger partial charge < -0.3 is 15.6 Å². The number of aromatic hydroxyl groups is 1. The molecule has 0 bridgehead atoms. The van der Waals surface area contributed by atoms with Gasteiger partial charge in [0, 0.05) is 22.2 Å². The fraction of sp³-hybridized carbons (Fsp3) is 0.0370. The lowest BCUT2D eigenvalue weighted by Crippen LogP contribution is -2.04. The number of anilines is 1. The van der Waals surface area contributed by atoms with Crippen LogP contribution in [0.25, 0.3) is 21.5 Å². The van der Waals surface area contributed by atoms with E-state index in [2.05, 4.69) is 20.5 Å². The van der Waals surface area contributed by atoms with E-state index >= 15 is 0 Å². The maximum Gasteiger partial charge on any atom is 0.296 e.